The highest BCUT2D eigenvalue weighted by atomic mass is 19.1. The Bertz CT molecular complexity index is 511. The predicted molar refractivity (Wildman–Crippen MR) is 75.3 cm³/mol. The molecule has 4 atom stereocenters. The zero-order valence-electron chi connectivity index (χ0n) is 11.7. The van der Waals surface area contributed by atoms with Crippen molar-refractivity contribution >= 4 is 5.91 Å². The Hall–Kier alpha value is -1.42. The Labute approximate surface area is 118 Å². The van der Waals surface area contributed by atoms with Gasteiger partial charge < -0.3 is 11.1 Å². The van der Waals surface area contributed by atoms with E-state index in [1.165, 1.54) is 6.07 Å². The van der Waals surface area contributed by atoms with E-state index in [2.05, 4.69) is 5.32 Å². The Kier molecular flexibility index (Phi) is 3.50. The fraction of sp³-hybridized carbons (Fsp3) is 0.562. The van der Waals surface area contributed by atoms with E-state index >= 15 is 0 Å². The molecule has 1 unspecified atom stereocenters. The van der Waals surface area contributed by atoms with Gasteiger partial charge in [-0.25, -0.2) is 4.39 Å². The fourth-order valence-corrected chi connectivity index (χ4v) is 3.71. The number of halogens is 1. The largest absolute Gasteiger partial charge is 0.352 e. The van der Waals surface area contributed by atoms with Crippen molar-refractivity contribution in [3.05, 3.63) is 35.1 Å². The second-order valence-electron chi connectivity index (χ2n) is 6.24. The maximum atomic E-state index is 13.7. The summed E-state index contributed by atoms with van der Waals surface area (Å²) in [6.45, 7) is 2.13. The molecule has 1 amide bonds. The number of amides is 1. The Morgan fingerprint density at radius 3 is 2.85 bits per heavy atom. The van der Waals surface area contributed by atoms with Crippen molar-refractivity contribution in [1.29, 1.82) is 0 Å². The van der Waals surface area contributed by atoms with Gasteiger partial charge in [0.25, 0.3) is 0 Å². The number of nitrogens with one attached hydrogen (secondary N) is 1. The molecule has 3 N–H and O–H groups in total. The van der Waals surface area contributed by atoms with Crippen molar-refractivity contribution in [2.75, 3.05) is 0 Å². The van der Waals surface area contributed by atoms with Gasteiger partial charge in [0.05, 0.1) is 0 Å². The molecule has 0 heterocycles. The summed E-state index contributed by atoms with van der Waals surface area (Å²) in [5.74, 6) is 1.02. The molecule has 3 nitrogen and oxygen atoms in total. The lowest BCUT2D eigenvalue weighted by Gasteiger charge is -2.37. The normalized spacial score (nSPS) is 31.6. The summed E-state index contributed by atoms with van der Waals surface area (Å²) in [5.41, 5.74) is 7.41. The second kappa shape index (κ2) is 5.17. The molecule has 3 rings (SSSR count). The quantitative estimate of drug-likeness (QED) is 0.888. The van der Waals surface area contributed by atoms with Crippen LogP contribution in [0.25, 0.3) is 0 Å². The number of hydrogen-bond acceptors (Lipinski definition) is 2. The summed E-state index contributed by atoms with van der Waals surface area (Å²) < 4.78 is 13.7. The van der Waals surface area contributed by atoms with Crippen LogP contribution in [0.2, 0.25) is 0 Å². The average Bonchev–Trinajstić information content (AvgIpc) is 2.75. The Balaban J connectivity index is 1.58. The fourth-order valence-electron chi connectivity index (χ4n) is 3.71. The van der Waals surface area contributed by atoms with Gasteiger partial charge in [0.2, 0.25) is 5.91 Å². The summed E-state index contributed by atoms with van der Waals surface area (Å²) >= 11 is 0. The SMILES string of the molecule is Cc1cccc(F)c1CNC(=O)C1C[C@@H]2C[C@H](N)[C@@H]2C1. The predicted octanol–water partition coefficient (Wildman–Crippen LogP) is 2.12. The first-order valence-electron chi connectivity index (χ1n) is 7.33. The number of aryl methyl sites for hydroxylation is 1. The van der Waals surface area contributed by atoms with Crippen LogP contribution in [0, 0.1) is 30.5 Å². The lowest BCUT2D eigenvalue weighted by Crippen LogP contribution is -2.44. The van der Waals surface area contributed by atoms with Gasteiger partial charge in [0.1, 0.15) is 5.82 Å². The van der Waals surface area contributed by atoms with Crippen LogP contribution in [-0.2, 0) is 11.3 Å². The van der Waals surface area contributed by atoms with Crippen LogP contribution in [0.3, 0.4) is 0 Å². The van der Waals surface area contributed by atoms with Crippen molar-refractivity contribution in [3.63, 3.8) is 0 Å². The van der Waals surface area contributed by atoms with Crippen LogP contribution < -0.4 is 11.1 Å². The van der Waals surface area contributed by atoms with Crippen molar-refractivity contribution in [1.82, 2.24) is 5.32 Å². The first-order valence-corrected chi connectivity index (χ1v) is 7.33. The Morgan fingerprint density at radius 2 is 2.20 bits per heavy atom. The van der Waals surface area contributed by atoms with Crippen LogP contribution in [0.1, 0.15) is 30.4 Å². The zero-order chi connectivity index (χ0) is 14.3. The summed E-state index contributed by atoms with van der Waals surface area (Å²) in [7, 11) is 0. The number of benzene rings is 1. The molecule has 1 aromatic rings. The second-order valence-corrected chi connectivity index (χ2v) is 6.24. The first-order chi connectivity index (χ1) is 9.56. The van der Waals surface area contributed by atoms with Crippen molar-refractivity contribution < 1.29 is 9.18 Å². The summed E-state index contributed by atoms with van der Waals surface area (Å²) in [6.07, 6.45) is 2.90. The molecule has 0 aromatic heterocycles. The highest BCUT2D eigenvalue weighted by Crippen LogP contribution is 2.48. The lowest BCUT2D eigenvalue weighted by molar-refractivity contribution is -0.125. The van der Waals surface area contributed by atoms with E-state index in [9.17, 15) is 9.18 Å². The standard InChI is InChI=1S/C16H21FN2O/c1-9-3-2-4-14(17)13(9)8-19-16(20)11-5-10-7-15(18)12(10)6-11/h2-4,10-12,15H,5-8,18H2,1H3,(H,19,20)/t10-,11?,12-,15+/m1/s1. The third-order valence-corrected chi connectivity index (χ3v) is 5.04. The van der Waals surface area contributed by atoms with Crippen molar-refractivity contribution in [3.8, 4) is 0 Å². The molecule has 2 aliphatic rings. The minimum Gasteiger partial charge on any atom is -0.352 e. The first kappa shape index (κ1) is 13.6. The molecule has 1 aromatic carbocycles. The molecule has 0 saturated heterocycles. The van der Waals surface area contributed by atoms with Gasteiger partial charge >= 0.3 is 0 Å². The van der Waals surface area contributed by atoms with Crippen molar-refractivity contribution in [2.45, 2.75) is 38.8 Å². The van der Waals surface area contributed by atoms with E-state index in [-0.39, 0.29) is 30.2 Å². The maximum Gasteiger partial charge on any atom is 0.223 e. The molecule has 0 bridgehead atoms. The lowest BCUT2D eigenvalue weighted by atomic mass is 9.72. The molecule has 108 valence electrons. The number of carbonyl (C=O) groups excluding carboxylic acids is 1. The van der Waals surface area contributed by atoms with Gasteiger partial charge in [-0.3, -0.25) is 4.79 Å². The highest BCUT2D eigenvalue weighted by Gasteiger charge is 2.47. The number of hydrogen-bond donors (Lipinski definition) is 2. The number of fused-ring (bicyclic) bond motifs is 1. The molecule has 20 heavy (non-hydrogen) atoms. The molecule has 0 radical (unpaired) electrons. The number of carbonyl (C=O) groups is 1. The van der Waals surface area contributed by atoms with Gasteiger partial charge in [-0.2, -0.15) is 0 Å². The smallest absolute Gasteiger partial charge is 0.223 e. The number of nitrogens with two attached hydrogens (primary N) is 1. The minimum atomic E-state index is -0.251. The molecular formula is C16H21FN2O. The molecule has 2 aliphatic carbocycles. The van der Waals surface area contributed by atoms with Gasteiger partial charge in [0.15, 0.2) is 0 Å². The molecule has 4 heteroatoms. The van der Waals surface area contributed by atoms with E-state index < -0.39 is 0 Å². The third kappa shape index (κ3) is 2.33. The van der Waals surface area contributed by atoms with Crippen LogP contribution >= 0.6 is 0 Å². The Morgan fingerprint density at radius 1 is 1.40 bits per heavy atom. The maximum absolute atomic E-state index is 13.7. The monoisotopic (exact) mass is 276 g/mol. The molecular weight excluding hydrogens is 255 g/mol. The van der Waals surface area contributed by atoms with Gasteiger partial charge in [-0.15, -0.1) is 0 Å². The van der Waals surface area contributed by atoms with Crippen LogP contribution in [-0.4, -0.2) is 11.9 Å². The van der Waals surface area contributed by atoms with Gasteiger partial charge in [-0.1, -0.05) is 12.1 Å². The molecule has 0 aliphatic heterocycles. The van der Waals surface area contributed by atoms with E-state index in [1.807, 2.05) is 13.0 Å². The van der Waals surface area contributed by atoms with E-state index in [4.69, 9.17) is 5.73 Å². The molecule has 2 saturated carbocycles. The van der Waals surface area contributed by atoms with E-state index in [0.29, 0.717) is 17.4 Å². The zero-order valence-corrected chi connectivity index (χ0v) is 11.7. The third-order valence-electron chi connectivity index (χ3n) is 5.04. The summed E-state index contributed by atoms with van der Waals surface area (Å²) in [4.78, 5) is 12.2. The number of rotatable bonds is 3. The van der Waals surface area contributed by atoms with Crippen LogP contribution in [0.4, 0.5) is 4.39 Å². The van der Waals surface area contributed by atoms with Crippen molar-refractivity contribution in [2.24, 2.45) is 23.5 Å². The molecule has 0 spiro atoms. The topological polar surface area (TPSA) is 55.1 Å². The molecule has 2 fully saturated rings. The summed E-state index contributed by atoms with van der Waals surface area (Å²) in [6, 6.07) is 5.26. The van der Waals surface area contributed by atoms with Gasteiger partial charge in [-0.05, 0) is 49.7 Å². The van der Waals surface area contributed by atoms with Gasteiger partial charge in [0, 0.05) is 24.1 Å². The van der Waals surface area contributed by atoms with E-state index in [1.54, 1.807) is 6.07 Å². The summed E-state index contributed by atoms with van der Waals surface area (Å²) in [5, 5.41) is 2.89. The average molecular weight is 276 g/mol. The van der Waals surface area contributed by atoms with E-state index in [0.717, 1.165) is 24.8 Å². The van der Waals surface area contributed by atoms with Crippen LogP contribution in [0.15, 0.2) is 18.2 Å². The highest BCUT2D eigenvalue weighted by molar-refractivity contribution is 5.79. The minimum absolute atomic E-state index is 0.0502. The van der Waals surface area contributed by atoms with Crippen LogP contribution in [0.5, 0.6) is 0 Å².